The van der Waals surface area contributed by atoms with Crippen molar-refractivity contribution in [2.45, 2.75) is 21.3 Å². The number of rotatable bonds is 13. The molecule has 0 fully saturated rings. The third-order valence-electron chi connectivity index (χ3n) is 8.52. The van der Waals surface area contributed by atoms with Gasteiger partial charge in [-0.1, -0.05) is 18.2 Å². The number of nitro groups is 1. The molecule has 0 saturated carbocycles. The Hall–Kier alpha value is -7.39. The van der Waals surface area contributed by atoms with Crippen molar-refractivity contribution in [1.82, 2.24) is 0 Å². The average molecular weight is 906 g/mol. The summed E-state index contributed by atoms with van der Waals surface area (Å²) < 4.78 is 103. The van der Waals surface area contributed by atoms with Gasteiger partial charge in [0.2, 0.25) is 0 Å². The van der Waals surface area contributed by atoms with Gasteiger partial charge >= 0.3 is 0 Å². The first-order valence-electron chi connectivity index (χ1n) is 17.0. The molecule has 6 aromatic rings. The molecule has 0 atom stereocenters. The van der Waals surface area contributed by atoms with Crippen LogP contribution in [0.2, 0.25) is 0 Å². The number of phenolic OH excluding ortho intramolecular Hbond substituents is 3. The van der Waals surface area contributed by atoms with Crippen molar-refractivity contribution in [2.24, 2.45) is 30.7 Å². The Labute approximate surface area is 349 Å². The summed E-state index contributed by atoms with van der Waals surface area (Å²) in [6.07, 6.45) is 2.06. The molecule has 0 aliphatic rings. The Balaban J connectivity index is 1.30. The zero-order valence-corrected chi connectivity index (χ0v) is 33.3. The number of fused-ring (bicyclic) bond motifs is 1. The largest absolute Gasteiger partial charge is 0.508 e. The molecular formula is C37H27N7O15S3. The monoisotopic (exact) mass is 905 g/mol. The highest BCUT2D eigenvalue weighted by molar-refractivity contribution is 7.86. The van der Waals surface area contributed by atoms with E-state index in [0.29, 0.717) is 11.8 Å². The van der Waals surface area contributed by atoms with E-state index in [2.05, 4.69) is 30.7 Å². The Morgan fingerprint density at radius 1 is 0.565 bits per heavy atom. The van der Waals surface area contributed by atoms with Crippen LogP contribution in [-0.2, 0) is 37.0 Å². The lowest BCUT2D eigenvalue weighted by molar-refractivity contribution is -0.385. The SMILES string of the molecule is O=[N+]([O-])c1ccc(/C=C/c2ccc(/N=N/c3cc(O)c(N=Nc4c(S(=O)(=O)O)cc5cc(/N=N/c6ccc(O)cc6)ccc5c4O)cc3CO)cc2S(=O)(=O)O)c(S(=O)(=O)O)c1. The third-order valence-corrected chi connectivity index (χ3v) is 11.2. The summed E-state index contributed by atoms with van der Waals surface area (Å²) in [7, 11) is -15.0. The van der Waals surface area contributed by atoms with E-state index < -0.39 is 79.4 Å². The molecule has 0 spiro atoms. The highest BCUT2D eigenvalue weighted by Crippen LogP contribution is 2.44. The molecule has 6 rings (SSSR count). The minimum absolute atomic E-state index is 0.0166. The summed E-state index contributed by atoms with van der Waals surface area (Å²) in [6, 6.07) is 18.7. The fourth-order valence-electron chi connectivity index (χ4n) is 5.58. The molecule has 0 saturated heterocycles. The second-order valence-corrected chi connectivity index (χ2v) is 16.9. The number of azo groups is 3. The van der Waals surface area contributed by atoms with Crippen LogP contribution in [0.3, 0.4) is 0 Å². The third kappa shape index (κ3) is 10.1. The lowest BCUT2D eigenvalue weighted by atomic mass is 10.1. The summed E-state index contributed by atoms with van der Waals surface area (Å²) in [4.78, 5) is 7.74. The molecule has 0 unspecified atom stereocenters. The van der Waals surface area contributed by atoms with Crippen molar-refractivity contribution in [3.8, 4) is 17.2 Å². The number of hydrogen-bond acceptors (Lipinski definition) is 18. The highest BCUT2D eigenvalue weighted by Gasteiger charge is 2.23. The van der Waals surface area contributed by atoms with Gasteiger partial charge in [-0.15, -0.1) is 10.2 Å². The number of benzene rings is 6. The van der Waals surface area contributed by atoms with Gasteiger partial charge in [-0.2, -0.15) is 45.7 Å². The number of hydrogen-bond donors (Lipinski definition) is 7. The summed E-state index contributed by atoms with van der Waals surface area (Å²) >= 11 is 0. The number of nitro benzene ring substituents is 1. The number of nitrogens with zero attached hydrogens (tertiary/aromatic N) is 7. The van der Waals surface area contributed by atoms with Crippen LogP contribution in [0.4, 0.5) is 39.8 Å². The van der Waals surface area contributed by atoms with Crippen molar-refractivity contribution in [3.63, 3.8) is 0 Å². The maximum Gasteiger partial charge on any atom is 0.296 e. The number of aliphatic hydroxyl groups is 1. The summed E-state index contributed by atoms with van der Waals surface area (Å²) in [5, 5.41) is 76.2. The summed E-state index contributed by atoms with van der Waals surface area (Å²) in [6.45, 7) is -0.755. The quantitative estimate of drug-likeness (QED) is 0.0188. The van der Waals surface area contributed by atoms with Gasteiger partial charge in [0.1, 0.15) is 37.6 Å². The molecule has 62 heavy (non-hydrogen) atoms. The van der Waals surface area contributed by atoms with E-state index in [4.69, 9.17) is 0 Å². The molecule has 0 heterocycles. The second-order valence-electron chi connectivity index (χ2n) is 12.7. The zero-order chi connectivity index (χ0) is 45.1. The van der Waals surface area contributed by atoms with Crippen LogP contribution in [0.1, 0.15) is 16.7 Å². The Morgan fingerprint density at radius 2 is 1.10 bits per heavy atom. The van der Waals surface area contributed by atoms with Crippen LogP contribution < -0.4 is 0 Å². The molecule has 0 amide bonds. The number of non-ortho nitro benzene ring substituents is 1. The van der Waals surface area contributed by atoms with Gasteiger partial charge in [0, 0.05) is 29.1 Å². The molecule has 7 N–H and O–H groups in total. The maximum atomic E-state index is 12.4. The minimum Gasteiger partial charge on any atom is -0.508 e. The Kier molecular flexibility index (Phi) is 12.3. The molecule has 6 aromatic carbocycles. The van der Waals surface area contributed by atoms with E-state index >= 15 is 0 Å². The van der Waals surface area contributed by atoms with E-state index in [1.807, 2.05) is 0 Å². The molecule has 25 heteroatoms. The topological polar surface area (TPSA) is 361 Å². The molecule has 0 aromatic heterocycles. The molecule has 0 radical (unpaired) electrons. The van der Waals surface area contributed by atoms with Crippen LogP contribution >= 0.6 is 0 Å². The van der Waals surface area contributed by atoms with Gasteiger partial charge in [-0.3, -0.25) is 23.8 Å². The van der Waals surface area contributed by atoms with E-state index in [9.17, 15) is 69.5 Å². The lowest BCUT2D eigenvalue weighted by Gasteiger charge is -2.10. The second kappa shape index (κ2) is 17.3. The Morgan fingerprint density at radius 3 is 1.71 bits per heavy atom. The molecule has 22 nitrogen and oxygen atoms in total. The van der Waals surface area contributed by atoms with Gasteiger partial charge in [-0.25, -0.2) is 0 Å². The maximum absolute atomic E-state index is 12.4. The van der Waals surface area contributed by atoms with Crippen molar-refractivity contribution in [1.29, 1.82) is 0 Å². The van der Waals surface area contributed by atoms with Crippen molar-refractivity contribution in [2.75, 3.05) is 0 Å². The van der Waals surface area contributed by atoms with E-state index in [1.54, 1.807) is 0 Å². The average Bonchev–Trinajstić information content (AvgIpc) is 3.20. The van der Waals surface area contributed by atoms with E-state index in [1.165, 1.54) is 48.5 Å². The molecule has 318 valence electrons. The van der Waals surface area contributed by atoms with Gasteiger partial charge in [0.25, 0.3) is 36.0 Å². The zero-order valence-electron chi connectivity index (χ0n) is 30.9. The van der Waals surface area contributed by atoms with Gasteiger partial charge in [0.15, 0.2) is 5.75 Å². The number of phenols is 3. The summed E-state index contributed by atoms with van der Waals surface area (Å²) in [5.74, 6) is -1.37. The van der Waals surface area contributed by atoms with Crippen LogP contribution in [0.15, 0.2) is 142 Å². The first kappa shape index (κ1) is 44.2. The fraction of sp³-hybridized carbons (Fsp3) is 0.0270. The molecule has 0 aliphatic heterocycles. The fourth-order valence-corrected chi connectivity index (χ4v) is 7.64. The van der Waals surface area contributed by atoms with Crippen molar-refractivity contribution >= 4 is 93.1 Å². The van der Waals surface area contributed by atoms with Crippen LogP contribution in [-0.4, -0.2) is 64.3 Å². The standard InChI is InChI=1S/C37H27N7O15S3/c45-19-23-14-31(42-43-36-35(62(57,58)59)15-22-13-25(8-12-29(22)37(36)48)39-38-24-6-10-28(46)11-7-24)32(47)18-30(23)41-40-26-5-3-20(33(16-26)60(51,52)53)1-2-21-4-9-27(44(49)50)17-34(21)61(54,55)56/h1-18,45-48H,19H2,(H,51,52,53)(H,54,55,56)(H,57,58,59)/b2-1+,39-38+,41-40+,43-42?. The molecule has 0 aliphatic carbocycles. The van der Waals surface area contributed by atoms with Gasteiger partial charge in [-0.05, 0) is 89.3 Å². The van der Waals surface area contributed by atoms with Crippen molar-refractivity contribution in [3.05, 3.63) is 124 Å². The van der Waals surface area contributed by atoms with E-state index in [0.717, 1.165) is 54.6 Å². The minimum atomic E-state index is -5.06. The van der Waals surface area contributed by atoms with Gasteiger partial charge < -0.3 is 20.4 Å². The Bertz CT molecular complexity index is 3270. The van der Waals surface area contributed by atoms with Crippen LogP contribution in [0.25, 0.3) is 22.9 Å². The van der Waals surface area contributed by atoms with Gasteiger partial charge in [0.05, 0.1) is 34.3 Å². The first-order chi connectivity index (χ1) is 29.1. The van der Waals surface area contributed by atoms with Crippen molar-refractivity contribution < 1.29 is 64.3 Å². The van der Waals surface area contributed by atoms with Crippen LogP contribution in [0, 0.1) is 10.1 Å². The summed E-state index contributed by atoms with van der Waals surface area (Å²) in [5.41, 5.74) is -2.07. The molecule has 0 bridgehead atoms. The molecular weight excluding hydrogens is 879 g/mol. The predicted octanol–water partition coefficient (Wildman–Crippen LogP) is 8.51. The van der Waals surface area contributed by atoms with E-state index in [-0.39, 0.29) is 56.0 Å². The smallest absolute Gasteiger partial charge is 0.296 e. The number of aromatic hydroxyl groups is 3. The number of aliphatic hydroxyl groups excluding tert-OH is 1. The first-order valence-corrected chi connectivity index (χ1v) is 21.3. The normalized spacial score (nSPS) is 12.7. The highest BCUT2D eigenvalue weighted by atomic mass is 32.2. The predicted molar refractivity (Wildman–Crippen MR) is 218 cm³/mol. The lowest BCUT2D eigenvalue weighted by Crippen LogP contribution is -2.02. The van der Waals surface area contributed by atoms with Crippen LogP contribution in [0.5, 0.6) is 17.2 Å².